The van der Waals surface area contributed by atoms with E-state index in [4.69, 9.17) is 4.74 Å². The van der Waals surface area contributed by atoms with Gasteiger partial charge in [-0.3, -0.25) is 0 Å². The summed E-state index contributed by atoms with van der Waals surface area (Å²) in [6.07, 6.45) is 2.33. The highest BCUT2D eigenvalue weighted by atomic mass is 32.2. The first-order valence-corrected chi connectivity index (χ1v) is 7.79. The van der Waals surface area contributed by atoms with Crippen molar-refractivity contribution >= 4 is 11.8 Å². The molecule has 2 atom stereocenters. The second-order valence-electron chi connectivity index (χ2n) is 4.75. The standard InChI is InChI=1S/C15H23NOS/c1-3-16-14(8-6-10-17-2)13-11-18-15-9-5-4-7-12(13)15/h4-5,7,9,13-14,16H,3,6,8,10-11H2,1-2H3. The van der Waals surface area contributed by atoms with Crippen LogP contribution in [0.15, 0.2) is 29.2 Å². The Hall–Kier alpha value is -0.510. The van der Waals surface area contributed by atoms with Crippen molar-refractivity contribution < 1.29 is 4.74 Å². The van der Waals surface area contributed by atoms with Crippen molar-refractivity contribution in [3.63, 3.8) is 0 Å². The Bertz CT molecular complexity index is 369. The molecule has 1 aliphatic rings. The highest BCUT2D eigenvalue weighted by Gasteiger charge is 2.29. The fraction of sp³-hybridized carbons (Fsp3) is 0.600. The third kappa shape index (κ3) is 3.28. The van der Waals surface area contributed by atoms with E-state index >= 15 is 0 Å². The van der Waals surface area contributed by atoms with Crippen LogP contribution in [0.2, 0.25) is 0 Å². The summed E-state index contributed by atoms with van der Waals surface area (Å²) in [5.41, 5.74) is 1.53. The first kappa shape index (κ1) is 13.9. The summed E-state index contributed by atoms with van der Waals surface area (Å²) in [5, 5.41) is 3.66. The van der Waals surface area contributed by atoms with Crippen molar-refractivity contribution in [1.29, 1.82) is 0 Å². The zero-order valence-electron chi connectivity index (χ0n) is 11.3. The van der Waals surface area contributed by atoms with E-state index in [1.165, 1.54) is 22.6 Å². The summed E-state index contributed by atoms with van der Waals surface area (Å²) in [6, 6.07) is 9.43. The average molecular weight is 265 g/mol. The van der Waals surface area contributed by atoms with Gasteiger partial charge in [0.15, 0.2) is 0 Å². The molecule has 0 bridgehead atoms. The molecule has 1 heterocycles. The molecule has 0 aliphatic carbocycles. The first-order chi connectivity index (χ1) is 8.86. The maximum Gasteiger partial charge on any atom is 0.0462 e. The van der Waals surface area contributed by atoms with Crippen LogP contribution in [0.5, 0.6) is 0 Å². The fourth-order valence-electron chi connectivity index (χ4n) is 2.68. The van der Waals surface area contributed by atoms with Crippen LogP contribution in [0.1, 0.15) is 31.2 Å². The molecule has 2 rings (SSSR count). The van der Waals surface area contributed by atoms with Crippen molar-refractivity contribution in [3.8, 4) is 0 Å². The quantitative estimate of drug-likeness (QED) is 0.765. The third-order valence-corrected chi connectivity index (χ3v) is 4.76. The topological polar surface area (TPSA) is 21.3 Å². The van der Waals surface area contributed by atoms with Gasteiger partial charge in [-0.15, -0.1) is 11.8 Å². The smallest absolute Gasteiger partial charge is 0.0462 e. The fourth-order valence-corrected chi connectivity index (χ4v) is 4.01. The molecular weight excluding hydrogens is 242 g/mol. The van der Waals surface area contributed by atoms with Gasteiger partial charge >= 0.3 is 0 Å². The second kappa shape index (κ2) is 7.17. The van der Waals surface area contributed by atoms with Crippen LogP contribution in [-0.4, -0.2) is 32.1 Å². The van der Waals surface area contributed by atoms with Crippen LogP contribution in [0.4, 0.5) is 0 Å². The summed E-state index contributed by atoms with van der Waals surface area (Å²) in [7, 11) is 1.78. The molecule has 0 fully saturated rings. The molecular formula is C15H23NOS. The molecule has 0 saturated heterocycles. The van der Waals surface area contributed by atoms with Gasteiger partial charge in [0.1, 0.15) is 0 Å². The van der Waals surface area contributed by atoms with Crippen LogP contribution >= 0.6 is 11.8 Å². The van der Waals surface area contributed by atoms with Crippen LogP contribution in [-0.2, 0) is 4.74 Å². The van der Waals surface area contributed by atoms with Crippen molar-refractivity contribution in [2.24, 2.45) is 0 Å². The lowest BCUT2D eigenvalue weighted by molar-refractivity contribution is 0.187. The van der Waals surface area contributed by atoms with Crippen LogP contribution < -0.4 is 5.32 Å². The molecule has 0 aromatic heterocycles. The normalized spacial score (nSPS) is 19.8. The molecule has 3 heteroatoms. The van der Waals surface area contributed by atoms with Crippen molar-refractivity contribution in [2.45, 2.75) is 36.6 Å². The molecule has 1 N–H and O–H groups in total. The minimum atomic E-state index is 0.585. The Balaban J connectivity index is 2.03. The Morgan fingerprint density at radius 3 is 3.06 bits per heavy atom. The molecule has 100 valence electrons. The van der Waals surface area contributed by atoms with Gasteiger partial charge < -0.3 is 10.1 Å². The zero-order chi connectivity index (χ0) is 12.8. The number of fused-ring (bicyclic) bond motifs is 1. The molecule has 1 aliphatic heterocycles. The average Bonchev–Trinajstić information content (AvgIpc) is 2.82. The lowest BCUT2D eigenvalue weighted by atomic mass is 9.90. The van der Waals surface area contributed by atoms with Crippen LogP contribution in [0.3, 0.4) is 0 Å². The molecule has 0 saturated carbocycles. The van der Waals surface area contributed by atoms with E-state index in [9.17, 15) is 0 Å². The maximum atomic E-state index is 5.17. The number of ether oxygens (including phenoxy) is 1. The molecule has 2 unspecified atom stereocenters. The summed E-state index contributed by atoms with van der Waals surface area (Å²) >= 11 is 2.00. The summed E-state index contributed by atoms with van der Waals surface area (Å²) in [4.78, 5) is 1.47. The summed E-state index contributed by atoms with van der Waals surface area (Å²) in [5.74, 6) is 1.87. The van der Waals surface area contributed by atoms with Gasteiger partial charge in [-0.2, -0.15) is 0 Å². The van der Waals surface area contributed by atoms with Gasteiger partial charge in [0, 0.05) is 36.3 Å². The molecule has 2 nitrogen and oxygen atoms in total. The van der Waals surface area contributed by atoms with E-state index < -0.39 is 0 Å². The monoisotopic (exact) mass is 265 g/mol. The molecule has 0 amide bonds. The van der Waals surface area contributed by atoms with E-state index in [1.807, 2.05) is 11.8 Å². The summed E-state index contributed by atoms with van der Waals surface area (Å²) < 4.78 is 5.17. The van der Waals surface area contributed by atoms with E-state index in [1.54, 1.807) is 7.11 Å². The number of methoxy groups -OCH3 is 1. The van der Waals surface area contributed by atoms with Gasteiger partial charge in [-0.25, -0.2) is 0 Å². The Labute approximate surface area is 114 Å². The second-order valence-corrected chi connectivity index (χ2v) is 5.82. The number of nitrogens with one attached hydrogen (secondary N) is 1. The minimum absolute atomic E-state index is 0.585. The van der Waals surface area contributed by atoms with E-state index in [-0.39, 0.29) is 0 Å². The largest absolute Gasteiger partial charge is 0.385 e. The van der Waals surface area contributed by atoms with Gasteiger partial charge in [-0.05, 0) is 31.0 Å². The highest BCUT2D eigenvalue weighted by Crippen LogP contribution is 2.41. The first-order valence-electron chi connectivity index (χ1n) is 6.80. The van der Waals surface area contributed by atoms with Crippen LogP contribution in [0.25, 0.3) is 0 Å². The van der Waals surface area contributed by atoms with E-state index in [0.29, 0.717) is 12.0 Å². The van der Waals surface area contributed by atoms with Crippen molar-refractivity contribution in [3.05, 3.63) is 29.8 Å². The van der Waals surface area contributed by atoms with Gasteiger partial charge in [0.25, 0.3) is 0 Å². The lowest BCUT2D eigenvalue weighted by Gasteiger charge is -2.24. The van der Waals surface area contributed by atoms with Crippen LogP contribution in [0, 0.1) is 0 Å². The number of benzene rings is 1. The van der Waals surface area contributed by atoms with E-state index in [2.05, 4.69) is 36.5 Å². The Kier molecular flexibility index (Phi) is 5.54. The molecule has 0 spiro atoms. The molecule has 0 radical (unpaired) electrons. The number of hydrogen-bond donors (Lipinski definition) is 1. The molecule has 1 aromatic carbocycles. The number of hydrogen-bond acceptors (Lipinski definition) is 3. The minimum Gasteiger partial charge on any atom is -0.385 e. The Morgan fingerprint density at radius 1 is 1.44 bits per heavy atom. The summed E-state index contributed by atoms with van der Waals surface area (Å²) in [6.45, 7) is 4.10. The number of rotatable bonds is 7. The van der Waals surface area contributed by atoms with Crippen molar-refractivity contribution in [2.75, 3.05) is 26.0 Å². The SMILES string of the molecule is CCNC(CCCOC)C1CSc2ccccc21. The van der Waals surface area contributed by atoms with Gasteiger partial charge in [0.05, 0.1) is 0 Å². The molecule has 18 heavy (non-hydrogen) atoms. The lowest BCUT2D eigenvalue weighted by Crippen LogP contribution is -2.35. The van der Waals surface area contributed by atoms with Gasteiger partial charge in [0.2, 0.25) is 0 Å². The predicted octanol–water partition coefficient (Wildman–Crippen LogP) is 3.28. The van der Waals surface area contributed by atoms with E-state index in [0.717, 1.165) is 19.6 Å². The number of thioether (sulfide) groups is 1. The predicted molar refractivity (Wildman–Crippen MR) is 78.5 cm³/mol. The molecule has 1 aromatic rings. The van der Waals surface area contributed by atoms with Crippen molar-refractivity contribution in [1.82, 2.24) is 5.32 Å². The highest BCUT2D eigenvalue weighted by molar-refractivity contribution is 7.99. The zero-order valence-corrected chi connectivity index (χ0v) is 12.1. The third-order valence-electron chi connectivity index (χ3n) is 3.55. The number of likely N-dealkylation sites (N-methyl/N-ethyl adjacent to an activating group) is 1. The van der Waals surface area contributed by atoms with Gasteiger partial charge in [-0.1, -0.05) is 25.1 Å². The maximum absolute atomic E-state index is 5.17. The Morgan fingerprint density at radius 2 is 2.28 bits per heavy atom.